The van der Waals surface area contributed by atoms with Crippen molar-refractivity contribution >= 4 is 5.69 Å². The van der Waals surface area contributed by atoms with Crippen LogP contribution in [0.2, 0.25) is 0 Å². The van der Waals surface area contributed by atoms with Crippen LogP contribution in [0, 0.1) is 11.3 Å². The van der Waals surface area contributed by atoms with Crippen molar-refractivity contribution in [3.8, 4) is 6.07 Å². The molecule has 0 aliphatic carbocycles. The molecule has 1 aliphatic heterocycles. The number of nitrogens with zero attached hydrogens (tertiary/aromatic N) is 2. The van der Waals surface area contributed by atoms with E-state index in [1.165, 1.54) is 16.8 Å². The molecule has 1 heterocycles. The third-order valence-electron chi connectivity index (χ3n) is 3.95. The second kappa shape index (κ2) is 5.79. The van der Waals surface area contributed by atoms with E-state index in [1.54, 1.807) is 0 Å². The van der Waals surface area contributed by atoms with E-state index < -0.39 is 0 Å². The molecule has 0 spiro atoms. The predicted molar refractivity (Wildman–Crippen MR) is 81.4 cm³/mol. The number of para-hydroxylation sites is 1. The molecule has 20 heavy (non-hydrogen) atoms. The fourth-order valence-electron chi connectivity index (χ4n) is 2.92. The SMILES string of the molecule is N#C[C@@H]1CCCc2ccccc2N1Cc1ccccc1. The van der Waals surface area contributed by atoms with E-state index in [-0.39, 0.29) is 6.04 Å². The van der Waals surface area contributed by atoms with Crippen molar-refractivity contribution < 1.29 is 0 Å². The van der Waals surface area contributed by atoms with E-state index in [9.17, 15) is 5.26 Å². The van der Waals surface area contributed by atoms with Crippen molar-refractivity contribution in [2.45, 2.75) is 31.8 Å². The third-order valence-corrected chi connectivity index (χ3v) is 3.95. The lowest BCUT2D eigenvalue weighted by atomic mass is 10.1. The number of hydrogen-bond acceptors (Lipinski definition) is 2. The van der Waals surface area contributed by atoms with Crippen molar-refractivity contribution in [3.63, 3.8) is 0 Å². The maximum Gasteiger partial charge on any atom is 0.117 e. The van der Waals surface area contributed by atoms with Gasteiger partial charge in [-0.15, -0.1) is 0 Å². The quantitative estimate of drug-likeness (QED) is 0.820. The van der Waals surface area contributed by atoms with Gasteiger partial charge in [0.05, 0.1) is 6.07 Å². The van der Waals surface area contributed by atoms with Crippen LogP contribution in [0.15, 0.2) is 54.6 Å². The molecule has 0 aromatic heterocycles. The Hall–Kier alpha value is -2.27. The van der Waals surface area contributed by atoms with Crippen LogP contribution in [0.25, 0.3) is 0 Å². The van der Waals surface area contributed by atoms with Gasteiger partial charge < -0.3 is 4.90 Å². The molecule has 0 radical (unpaired) electrons. The number of aryl methyl sites for hydroxylation is 1. The van der Waals surface area contributed by atoms with Gasteiger partial charge in [-0.3, -0.25) is 0 Å². The molecule has 0 saturated heterocycles. The Morgan fingerprint density at radius 2 is 1.80 bits per heavy atom. The molecule has 1 aliphatic rings. The molecule has 100 valence electrons. The van der Waals surface area contributed by atoms with Gasteiger partial charge in [0.2, 0.25) is 0 Å². The van der Waals surface area contributed by atoms with E-state index >= 15 is 0 Å². The molecule has 2 heteroatoms. The highest BCUT2D eigenvalue weighted by molar-refractivity contribution is 5.56. The molecule has 2 nitrogen and oxygen atoms in total. The molecule has 0 fully saturated rings. The zero-order chi connectivity index (χ0) is 13.8. The van der Waals surface area contributed by atoms with Gasteiger partial charge in [-0.2, -0.15) is 5.26 Å². The van der Waals surface area contributed by atoms with Gasteiger partial charge in [0, 0.05) is 12.2 Å². The number of nitriles is 1. The Morgan fingerprint density at radius 1 is 1.05 bits per heavy atom. The lowest BCUT2D eigenvalue weighted by Crippen LogP contribution is -2.33. The largest absolute Gasteiger partial charge is 0.351 e. The smallest absolute Gasteiger partial charge is 0.117 e. The van der Waals surface area contributed by atoms with Crippen molar-refractivity contribution in [1.82, 2.24) is 0 Å². The first kappa shape index (κ1) is 12.7. The molecule has 2 aromatic carbocycles. The van der Waals surface area contributed by atoms with Crippen LogP contribution in [-0.4, -0.2) is 6.04 Å². The molecule has 0 saturated carbocycles. The van der Waals surface area contributed by atoms with Crippen molar-refractivity contribution in [3.05, 3.63) is 65.7 Å². The van der Waals surface area contributed by atoms with Gasteiger partial charge in [-0.05, 0) is 36.5 Å². The maximum atomic E-state index is 9.50. The third kappa shape index (κ3) is 2.53. The second-order valence-corrected chi connectivity index (χ2v) is 5.28. The summed E-state index contributed by atoms with van der Waals surface area (Å²) in [4.78, 5) is 2.26. The van der Waals surface area contributed by atoms with Crippen LogP contribution in [0.3, 0.4) is 0 Å². The molecule has 2 aromatic rings. The predicted octanol–water partition coefficient (Wildman–Crippen LogP) is 3.92. The Labute approximate surface area is 120 Å². The van der Waals surface area contributed by atoms with E-state index in [1.807, 2.05) is 6.07 Å². The number of benzene rings is 2. The summed E-state index contributed by atoms with van der Waals surface area (Å²) >= 11 is 0. The lowest BCUT2D eigenvalue weighted by Gasteiger charge is -2.29. The van der Waals surface area contributed by atoms with E-state index in [4.69, 9.17) is 0 Å². The number of fused-ring (bicyclic) bond motifs is 1. The summed E-state index contributed by atoms with van der Waals surface area (Å²) in [5.41, 5.74) is 3.84. The topological polar surface area (TPSA) is 27.0 Å². The van der Waals surface area contributed by atoms with Crippen molar-refractivity contribution in [2.75, 3.05) is 4.90 Å². The Bertz CT molecular complexity index is 613. The van der Waals surface area contributed by atoms with Gasteiger partial charge in [-0.25, -0.2) is 0 Å². The zero-order valence-corrected chi connectivity index (χ0v) is 11.5. The molecule has 0 unspecified atom stereocenters. The monoisotopic (exact) mass is 262 g/mol. The van der Waals surface area contributed by atoms with Gasteiger partial charge in [0.1, 0.15) is 6.04 Å². The summed E-state index contributed by atoms with van der Waals surface area (Å²) in [5.74, 6) is 0. The summed E-state index contributed by atoms with van der Waals surface area (Å²) < 4.78 is 0. The van der Waals surface area contributed by atoms with E-state index in [0.717, 1.165) is 25.8 Å². The van der Waals surface area contributed by atoms with Crippen LogP contribution in [0.1, 0.15) is 24.0 Å². The van der Waals surface area contributed by atoms with Crippen molar-refractivity contribution in [1.29, 1.82) is 5.26 Å². The van der Waals surface area contributed by atoms with E-state index in [0.29, 0.717) is 0 Å². The first-order valence-electron chi connectivity index (χ1n) is 7.16. The van der Waals surface area contributed by atoms with Gasteiger partial charge in [0.15, 0.2) is 0 Å². The van der Waals surface area contributed by atoms with Gasteiger partial charge >= 0.3 is 0 Å². The Balaban J connectivity index is 1.98. The number of rotatable bonds is 2. The van der Waals surface area contributed by atoms with E-state index in [2.05, 4.69) is 59.5 Å². The van der Waals surface area contributed by atoms with Gasteiger partial charge in [0.25, 0.3) is 0 Å². The van der Waals surface area contributed by atoms with Crippen LogP contribution < -0.4 is 4.90 Å². The highest BCUT2D eigenvalue weighted by Gasteiger charge is 2.23. The van der Waals surface area contributed by atoms with Gasteiger partial charge in [-0.1, -0.05) is 48.5 Å². The van der Waals surface area contributed by atoms with Crippen LogP contribution in [-0.2, 0) is 13.0 Å². The Kier molecular flexibility index (Phi) is 3.69. The lowest BCUT2D eigenvalue weighted by molar-refractivity contribution is 0.633. The molecule has 0 amide bonds. The first-order chi connectivity index (χ1) is 9.88. The minimum atomic E-state index is -0.0288. The fourth-order valence-corrected chi connectivity index (χ4v) is 2.92. The summed E-state index contributed by atoms with van der Waals surface area (Å²) in [5, 5.41) is 9.50. The zero-order valence-electron chi connectivity index (χ0n) is 11.5. The maximum absolute atomic E-state index is 9.50. The molecular formula is C18H18N2. The summed E-state index contributed by atoms with van der Waals surface area (Å²) in [6, 6.07) is 21.3. The number of hydrogen-bond donors (Lipinski definition) is 0. The number of anilines is 1. The minimum Gasteiger partial charge on any atom is -0.351 e. The fraction of sp³-hybridized carbons (Fsp3) is 0.278. The first-order valence-corrected chi connectivity index (χ1v) is 7.16. The Morgan fingerprint density at radius 3 is 2.60 bits per heavy atom. The summed E-state index contributed by atoms with van der Waals surface area (Å²) in [6.45, 7) is 0.802. The average molecular weight is 262 g/mol. The summed E-state index contributed by atoms with van der Waals surface area (Å²) in [6.07, 6.45) is 3.10. The second-order valence-electron chi connectivity index (χ2n) is 5.28. The molecule has 0 N–H and O–H groups in total. The average Bonchev–Trinajstić information content (AvgIpc) is 2.68. The summed E-state index contributed by atoms with van der Waals surface area (Å²) in [7, 11) is 0. The normalized spacial score (nSPS) is 17.9. The van der Waals surface area contributed by atoms with Crippen LogP contribution >= 0.6 is 0 Å². The highest BCUT2D eigenvalue weighted by Crippen LogP contribution is 2.30. The molecule has 1 atom stereocenters. The van der Waals surface area contributed by atoms with Crippen molar-refractivity contribution in [2.24, 2.45) is 0 Å². The highest BCUT2D eigenvalue weighted by atomic mass is 15.2. The minimum absolute atomic E-state index is 0.0288. The molecular weight excluding hydrogens is 244 g/mol. The van der Waals surface area contributed by atoms with Crippen LogP contribution in [0.4, 0.5) is 5.69 Å². The molecule has 3 rings (SSSR count). The standard InChI is InChI=1S/C18H18N2/c19-13-17-11-6-10-16-9-4-5-12-18(16)20(17)14-15-7-2-1-3-8-15/h1-5,7-9,12,17H,6,10-11,14H2/t17-/m0/s1. The molecule has 0 bridgehead atoms. The van der Waals surface area contributed by atoms with Crippen LogP contribution in [0.5, 0.6) is 0 Å².